The van der Waals surface area contributed by atoms with Crippen LogP contribution in [0.2, 0.25) is 0 Å². The second-order valence-electron chi connectivity index (χ2n) is 21.0. The molecule has 0 aromatic carbocycles. The number of unbranched alkanes of at least 4 members (excludes halogenated alkanes) is 44. The first kappa shape index (κ1) is 65.6. The molecule has 0 aliphatic rings. The van der Waals surface area contributed by atoms with Gasteiger partial charge in [0, 0.05) is 12.8 Å². The number of amides is 1. The Hall–Kier alpha value is -1.40. The Labute approximate surface area is 419 Å². The number of aliphatic hydroxyl groups excluding tert-OH is 2. The van der Waals surface area contributed by atoms with Crippen LogP contribution >= 0.6 is 0 Å². The molecular weight excluding hydrogens is 827 g/mol. The molecule has 0 saturated heterocycles. The van der Waals surface area contributed by atoms with Crippen LogP contribution in [0.15, 0.2) is 12.2 Å². The van der Waals surface area contributed by atoms with Crippen LogP contribution in [0.1, 0.15) is 341 Å². The Kier molecular flexibility index (Phi) is 56.0. The molecule has 398 valence electrons. The number of aliphatic hydroxyl groups is 2. The smallest absolute Gasteiger partial charge is 0.305 e. The fraction of sp³-hybridized carbons (Fsp3) is 0.934. The number of carbonyl (C=O) groups excluding carboxylic acids is 2. The first-order valence-electron chi connectivity index (χ1n) is 30.4. The largest absolute Gasteiger partial charge is 0.466 e. The van der Waals surface area contributed by atoms with E-state index >= 15 is 0 Å². The van der Waals surface area contributed by atoms with Crippen molar-refractivity contribution in [3.05, 3.63) is 12.2 Å². The fourth-order valence-electron chi connectivity index (χ4n) is 9.64. The minimum Gasteiger partial charge on any atom is -0.466 e. The molecule has 0 aromatic rings. The van der Waals surface area contributed by atoms with Crippen LogP contribution in [0, 0.1) is 0 Å². The molecule has 1 amide bonds. The van der Waals surface area contributed by atoms with Gasteiger partial charge in [-0.3, -0.25) is 9.59 Å². The van der Waals surface area contributed by atoms with E-state index in [4.69, 9.17) is 4.74 Å². The molecule has 0 aromatic heterocycles. The van der Waals surface area contributed by atoms with Gasteiger partial charge in [0.25, 0.3) is 0 Å². The summed E-state index contributed by atoms with van der Waals surface area (Å²) in [5.41, 5.74) is 0. The maximum Gasteiger partial charge on any atom is 0.305 e. The van der Waals surface area contributed by atoms with E-state index in [0.717, 1.165) is 44.9 Å². The summed E-state index contributed by atoms with van der Waals surface area (Å²) in [4.78, 5) is 24.6. The predicted molar refractivity (Wildman–Crippen MR) is 292 cm³/mol. The first-order valence-corrected chi connectivity index (χ1v) is 30.4. The van der Waals surface area contributed by atoms with Crippen LogP contribution in [0.25, 0.3) is 0 Å². The van der Waals surface area contributed by atoms with Crippen LogP contribution in [-0.2, 0) is 14.3 Å². The molecule has 0 heterocycles. The summed E-state index contributed by atoms with van der Waals surface area (Å²) in [7, 11) is 0. The molecule has 67 heavy (non-hydrogen) atoms. The van der Waals surface area contributed by atoms with Crippen LogP contribution in [0.5, 0.6) is 0 Å². The van der Waals surface area contributed by atoms with Gasteiger partial charge >= 0.3 is 5.97 Å². The Morgan fingerprint density at radius 2 is 0.701 bits per heavy atom. The lowest BCUT2D eigenvalue weighted by Gasteiger charge is -2.22. The quantitative estimate of drug-likeness (QED) is 0.0321. The summed E-state index contributed by atoms with van der Waals surface area (Å²) in [5, 5.41) is 23.3. The van der Waals surface area contributed by atoms with Crippen molar-refractivity contribution in [2.45, 2.75) is 353 Å². The third-order valence-electron chi connectivity index (χ3n) is 14.3. The minimum atomic E-state index is -0.668. The van der Waals surface area contributed by atoms with Gasteiger partial charge in [-0.25, -0.2) is 0 Å². The summed E-state index contributed by atoms with van der Waals surface area (Å²) in [6.07, 6.45) is 67.8. The molecule has 2 unspecified atom stereocenters. The van der Waals surface area contributed by atoms with Gasteiger partial charge in [-0.1, -0.05) is 289 Å². The number of esters is 1. The Bertz CT molecular complexity index is 1000. The van der Waals surface area contributed by atoms with Crippen molar-refractivity contribution in [3.63, 3.8) is 0 Å². The molecule has 3 N–H and O–H groups in total. The maximum absolute atomic E-state index is 12.5. The second-order valence-corrected chi connectivity index (χ2v) is 21.0. The average Bonchev–Trinajstić information content (AvgIpc) is 3.33. The number of hydrogen-bond donors (Lipinski definition) is 3. The number of rotatable bonds is 57. The molecule has 6 nitrogen and oxygen atoms in total. The monoisotopic (exact) mass is 946 g/mol. The zero-order chi connectivity index (χ0) is 48.6. The third-order valence-corrected chi connectivity index (χ3v) is 14.3. The van der Waals surface area contributed by atoms with E-state index in [1.807, 2.05) is 0 Å². The van der Waals surface area contributed by atoms with Gasteiger partial charge in [-0.2, -0.15) is 0 Å². The van der Waals surface area contributed by atoms with Crippen molar-refractivity contribution in [2.24, 2.45) is 0 Å². The van der Waals surface area contributed by atoms with Gasteiger partial charge in [-0.05, 0) is 51.4 Å². The molecule has 2 atom stereocenters. The summed E-state index contributed by atoms with van der Waals surface area (Å²) >= 11 is 0. The normalized spacial score (nSPS) is 12.6. The molecular formula is C61H119NO5. The van der Waals surface area contributed by atoms with Gasteiger partial charge in [0.2, 0.25) is 5.91 Å². The number of allylic oxidation sites excluding steroid dienone is 2. The van der Waals surface area contributed by atoms with Gasteiger partial charge < -0.3 is 20.3 Å². The molecule has 0 aliphatic heterocycles. The summed E-state index contributed by atoms with van der Waals surface area (Å²) in [6, 6.07) is -0.545. The van der Waals surface area contributed by atoms with Crippen LogP contribution in [-0.4, -0.2) is 47.4 Å². The Balaban J connectivity index is 3.41. The lowest BCUT2D eigenvalue weighted by atomic mass is 10.0. The standard InChI is InChI=1S/C61H119NO5/c1-3-5-7-9-11-13-15-17-19-22-25-29-33-37-41-45-49-53-59(64)58(57-63)62-60(65)54-50-46-42-38-34-30-26-23-21-24-28-32-36-40-44-48-52-56-67-61(66)55-51-47-43-39-35-31-27-20-18-16-14-12-10-8-6-4-2/h20,27,58-59,63-64H,3-19,21-26,28-57H2,1-2H3,(H,62,65)/b27-20-. The molecule has 0 rings (SSSR count). The van der Waals surface area contributed by atoms with Crippen molar-refractivity contribution in [2.75, 3.05) is 13.2 Å². The van der Waals surface area contributed by atoms with Crippen LogP contribution < -0.4 is 5.32 Å². The molecule has 0 bridgehead atoms. The van der Waals surface area contributed by atoms with Crippen molar-refractivity contribution < 1.29 is 24.5 Å². The van der Waals surface area contributed by atoms with Gasteiger partial charge in [0.05, 0.1) is 25.4 Å². The number of carbonyl (C=O) groups is 2. The van der Waals surface area contributed by atoms with Crippen LogP contribution in [0.4, 0.5) is 0 Å². The molecule has 0 spiro atoms. The molecule has 0 aliphatic carbocycles. The van der Waals surface area contributed by atoms with E-state index in [2.05, 4.69) is 31.3 Å². The Morgan fingerprint density at radius 3 is 1.06 bits per heavy atom. The second kappa shape index (κ2) is 57.2. The SMILES string of the molecule is CCCCCCCCC/C=C\CCCCCCCC(=O)OCCCCCCCCCCCCCCCCCCCC(=O)NC(CO)C(O)CCCCCCCCCCCCCCCCCCC. The molecule has 0 saturated carbocycles. The lowest BCUT2D eigenvalue weighted by molar-refractivity contribution is -0.143. The zero-order valence-corrected chi connectivity index (χ0v) is 45.4. The van der Waals surface area contributed by atoms with Gasteiger partial charge in [-0.15, -0.1) is 0 Å². The predicted octanol–water partition coefficient (Wildman–Crippen LogP) is 18.9. The summed E-state index contributed by atoms with van der Waals surface area (Å²) in [5.74, 6) is -0.0386. The maximum atomic E-state index is 12.5. The molecule has 0 radical (unpaired) electrons. The Morgan fingerprint density at radius 1 is 0.403 bits per heavy atom. The van der Waals surface area contributed by atoms with E-state index in [1.54, 1.807) is 0 Å². The molecule has 0 fully saturated rings. The van der Waals surface area contributed by atoms with E-state index in [1.165, 1.54) is 263 Å². The third kappa shape index (κ3) is 53.8. The van der Waals surface area contributed by atoms with Crippen molar-refractivity contribution in [1.29, 1.82) is 0 Å². The van der Waals surface area contributed by atoms with E-state index < -0.39 is 12.1 Å². The van der Waals surface area contributed by atoms with E-state index in [0.29, 0.717) is 25.9 Å². The van der Waals surface area contributed by atoms with Crippen molar-refractivity contribution in [1.82, 2.24) is 5.32 Å². The summed E-state index contributed by atoms with van der Waals surface area (Å²) in [6.45, 7) is 4.96. The van der Waals surface area contributed by atoms with E-state index in [-0.39, 0.29) is 18.5 Å². The first-order chi connectivity index (χ1) is 33.0. The molecule has 6 heteroatoms. The number of nitrogens with one attached hydrogen (secondary N) is 1. The highest BCUT2D eigenvalue weighted by molar-refractivity contribution is 5.76. The highest BCUT2D eigenvalue weighted by atomic mass is 16.5. The van der Waals surface area contributed by atoms with Crippen molar-refractivity contribution in [3.8, 4) is 0 Å². The van der Waals surface area contributed by atoms with Gasteiger partial charge in [0.15, 0.2) is 0 Å². The minimum absolute atomic E-state index is 0.00111. The van der Waals surface area contributed by atoms with Gasteiger partial charge in [0.1, 0.15) is 0 Å². The number of hydrogen-bond acceptors (Lipinski definition) is 5. The highest BCUT2D eigenvalue weighted by Crippen LogP contribution is 2.18. The van der Waals surface area contributed by atoms with E-state index in [9.17, 15) is 19.8 Å². The van der Waals surface area contributed by atoms with Crippen molar-refractivity contribution >= 4 is 11.9 Å². The fourth-order valence-corrected chi connectivity index (χ4v) is 9.64. The lowest BCUT2D eigenvalue weighted by Crippen LogP contribution is -2.45. The summed E-state index contributed by atoms with van der Waals surface area (Å²) < 4.78 is 5.48. The highest BCUT2D eigenvalue weighted by Gasteiger charge is 2.20. The van der Waals surface area contributed by atoms with Crippen LogP contribution in [0.3, 0.4) is 0 Å². The topological polar surface area (TPSA) is 95.9 Å². The number of ether oxygens (including phenoxy) is 1. The zero-order valence-electron chi connectivity index (χ0n) is 45.4. The average molecular weight is 947 g/mol.